The summed E-state index contributed by atoms with van der Waals surface area (Å²) in [5, 5.41) is 13.1. The Kier molecular flexibility index (Phi) is 7.21. The molecule has 0 bridgehead atoms. The number of tetrazole rings is 1. The second kappa shape index (κ2) is 10.1. The molecule has 2 aliphatic rings. The van der Waals surface area contributed by atoms with E-state index in [0.29, 0.717) is 6.61 Å². The molecule has 2 aromatic carbocycles. The lowest BCUT2D eigenvalue weighted by molar-refractivity contribution is 0.253. The van der Waals surface area contributed by atoms with Gasteiger partial charge in [0.25, 0.3) is 0 Å². The van der Waals surface area contributed by atoms with Gasteiger partial charge in [-0.05, 0) is 59.7 Å². The number of piperazine rings is 1. The van der Waals surface area contributed by atoms with Gasteiger partial charge in [-0.1, -0.05) is 18.2 Å². The predicted molar refractivity (Wildman–Crippen MR) is 137 cm³/mol. The molecule has 0 aliphatic carbocycles. The number of anilines is 1. The normalized spacial score (nSPS) is 15.0. The highest BCUT2D eigenvalue weighted by Gasteiger charge is 2.23. The average Bonchev–Trinajstić information content (AvgIpc) is 3.32. The number of nitrogens with zero attached hydrogens (tertiary/aromatic N) is 7. The third-order valence-corrected chi connectivity index (χ3v) is 6.44. The van der Waals surface area contributed by atoms with Crippen LogP contribution in [0.4, 0.5) is 5.69 Å². The third-order valence-electron chi connectivity index (χ3n) is 6.44. The largest absolute Gasteiger partial charge is 0.483 e. The van der Waals surface area contributed by atoms with Crippen LogP contribution in [0.5, 0.6) is 5.75 Å². The Hall–Kier alpha value is -2.94. The van der Waals surface area contributed by atoms with Gasteiger partial charge in [-0.15, -0.1) is 29.9 Å². The van der Waals surface area contributed by atoms with Gasteiger partial charge in [-0.25, -0.2) is 0 Å². The lowest BCUT2D eigenvalue weighted by Crippen LogP contribution is -2.47. The molecule has 0 saturated carbocycles. The molecular weight excluding hydrogens is 473 g/mol. The van der Waals surface area contributed by atoms with Crippen LogP contribution in [0.3, 0.4) is 0 Å². The second-order valence-corrected chi connectivity index (χ2v) is 8.44. The third kappa shape index (κ3) is 4.41. The zero-order valence-corrected chi connectivity index (χ0v) is 20.6. The molecular formula is C24H27Cl2N7O. The summed E-state index contributed by atoms with van der Waals surface area (Å²) in [6.07, 6.45) is 0.943. The molecule has 6 rings (SSSR count). The number of benzene rings is 2. The molecule has 0 radical (unpaired) electrons. The minimum Gasteiger partial charge on any atom is -0.483 e. The van der Waals surface area contributed by atoms with Gasteiger partial charge in [0, 0.05) is 49.5 Å². The molecule has 1 fully saturated rings. The fourth-order valence-electron chi connectivity index (χ4n) is 4.73. The number of ether oxygens (including phenoxy) is 1. The van der Waals surface area contributed by atoms with Crippen LogP contribution in [0, 0.1) is 6.92 Å². The van der Waals surface area contributed by atoms with E-state index in [4.69, 9.17) is 9.72 Å². The first kappa shape index (κ1) is 24.2. The van der Waals surface area contributed by atoms with Crippen molar-refractivity contribution in [2.24, 2.45) is 0 Å². The number of halogens is 2. The Balaban J connectivity index is 0.00000137. The summed E-state index contributed by atoms with van der Waals surface area (Å²) in [5.41, 5.74) is 5.56. The molecule has 0 unspecified atom stereocenters. The van der Waals surface area contributed by atoms with Crippen molar-refractivity contribution in [2.75, 3.05) is 37.6 Å². The predicted octanol–water partition coefficient (Wildman–Crippen LogP) is 3.62. The first-order chi connectivity index (χ1) is 15.8. The Morgan fingerprint density at radius 2 is 1.71 bits per heavy atom. The van der Waals surface area contributed by atoms with Gasteiger partial charge in [-0.3, -0.25) is 9.88 Å². The van der Waals surface area contributed by atoms with E-state index in [1.807, 2.05) is 13.0 Å². The molecule has 178 valence electrons. The van der Waals surface area contributed by atoms with Crippen molar-refractivity contribution < 1.29 is 4.74 Å². The second-order valence-electron chi connectivity index (χ2n) is 8.44. The number of pyridine rings is 1. The van der Waals surface area contributed by atoms with E-state index >= 15 is 0 Å². The van der Waals surface area contributed by atoms with E-state index in [1.54, 1.807) is 4.68 Å². The molecule has 2 aromatic heterocycles. The number of aromatic nitrogens is 5. The van der Waals surface area contributed by atoms with Gasteiger partial charge in [-0.2, -0.15) is 4.68 Å². The maximum Gasteiger partial charge on any atom is 0.194 e. The molecule has 0 N–H and O–H groups in total. The van der Waals surface area contributed by atoms with E-state index in [1.165, 1.54) is 16.6 Å². The Morgan fingerprint density at radius 3 is 2.56 bits per heavy atom. The van der Waals surface area contributed by atoms with Crippen molar-refractivity contribution in [1.82, 2.24) is 30.1 Å². The van der Waals surface area contributed by atoms with Crippen LogP contribution in [0.25, 0.3) is 16.6 Å². The van der Waals surface area contributed by atoms with Gasteiger partial charge in [0.1, 0.15) is 18.0 Å². The quantitative estimate of drug-likeness (QED) is 0.424. The van der Waals surface area contributed by atoms with E-state index in [-0.39, 0.29) is 24.8 Å². The summed E-state index contributed by atoms with van der Waals surface area (Å²) in [6.45, 7) is 7.59. The van der Waals surface area contributed by atoms with Gasteiger partial charge in [0.15, 0.2) is 5.82 Å². The topological polar surface area (TPSA) is 72.2 Å². The molecule has 34 heavy (non-hydrogen) atoms. The van der Waals surface area contributed by atoms with E-state index in [0.717, 1.165) is 67.6 Å². The molecule has 2 aliphatic heterocycles. The summed E-state index contributed by atoms with van der Waals surface area (Å²) in [6, 6.07) is 17.0. The first-order valence-corrected chi connectivity index (χ1v) is 11.1. The van der Waals surface area contributed by atoms with Crippen LogP contribution in [-0.2, 0) is 13.0 Å². The fourth-order valence-corrected chi connectivity index (χ4v) is 4.73. The van der Waals surface area contributed by atoms with Gasteiger partial charge < -0.3 is 9.64 Å². The van der Waals surface area contributed by atoms with Crippen molar-refractivity contribution in [3.8, 4) is 11.4 Å². The molecule has 10 heteroatoms. The average molecular weight is 500 g/mol. The number of aryl methyl sites for hydroxylation is 1. The number of para-hydroxylation sites is 1. The number of hydrogen-bond acceptors (Lipinski definition) is 7. The Labute approximate surface area is 210 Å². The maximum atomic E-state index is 6.01. The smallest absolute Gasteiger partial charge is 0.194 e. The van der Waals surface area contributed by atoms with E-state index in [2.05, 4.69) is 67.8 Å². The van der Waals surface area contributed by atoms with Crippen LogP contribution < -0.4 is 9.64 Å². The summed E-state index contributed by atoms with van der Waals surface area (Å²) in [7, 11) is 0. The van der Waals surface area contributed by atoms with Gasteiger partial charge in [0.05, 0.1) is 5.52 Å². The summed E-state index contributed by atoms with van der Waals surface area (Å²) < 4.78 is 7.79. The van der Waals surface area contributed by atoms with Crippen LogP contribution in [0.15, 0.2) is 48.5 Å². The van der Waals surface area contributed by atoms with E-state index < -0.39 is 0 Å². The molecule has 4 heterocycles. The molecule has 1 saturated heterocycles. The number of rotatable bonds is 4. The van der Waals surface area contributed by atoms with Crippen molar-refractivity contribution >= 4 is 41.4 Å². The lowest BCUT2D eigenvalue weighted by atomic mass is 10.1. The van der Waals surface area contributed by atoms with Crippen molar-refractivity contribution in [1.29, 1.82) is 0 Å². The minimum atomic E-state index is 0. The fraction of sp³-hybridized carbons (Fsp3) is 0.333. The lowest BCUT2D eigenvalue weighted by Gasteiger charge is -2.36. The summed E-state index contributed by atoms with van der Waals surface area (Å²) in [4.78, 5) is 9.72. The Morgan fingerprint density at radius 1 is 0.912 bits per heavy atom. The van der Waals surface area contributed by atoms with Crippen LogP contribution >= 0.6 is 24.8 Å². The molecule has 0 atom stereocenters. The number of fused-ring (bicyclic) bond motifs is 4. The standard InChI is InChI=1S/C24H25N7O.2ClH/c1-17-8-9-19-20(25-17)5-3-6-21(19)30-14-12-29(13-15-30)11-10-18-4-2-7-22-24(18)32-16-23-26-27-28-31(22)23;;/h2-9H,10-16H2,1H3;2*1H. The molecule has 4 aromatic rings. The Bertz CT molecular complexity index is 1290. The highest BCUT2D eigenvalue weighted by atomic mass is 35.5. The highest BCUT2D eigenvalue weighted by molar-refractivity contribution is 5.92. The maximum absolute atomic E-state index is 6.01. The van der Waals surface area contributed by atoms with Crippen molar-refractivity contribution in [2.45, 2.75) is 20.0 Å². The zero-order chi connectivity index (χ0) is 21.5. The molecule has 8 nitrogen and oxygen atoms in total. The van der Waals surface area contributed by atoms with Crippen LogP contribution in [0.1, 0.15) is 17.1 Å². The SMILES string of the molecule is Cc1ccc2c(N3CCN(CCc4cccc5c4OCc4nnnn4-5)CC3)cccc2n1.Cl.Cl. The van der Waals surface area contributed by atoms with E-state index in [9.17, 15) is 0 Å². The number of hydrogen-bond donors (Lipinski definition) is 0. The van der Waals surface area contributed by atoms with Crippen LogP contribution in [0.2, 0.25) is 0 Å². The zero-order valence-electron chi connectivity index (χ0n) is 18.9. The highest BCUT2D eigenvalue weighted by Crippen LogP contribution is 2.32. The minimum absolute atomic E-state index is 0. The van der Waals surface area contributed by atoms with Crippen molar-refractivity contribution in [3.05, 3.63) is 65.6 Å². The van der Waals surface area contributed by atoms with Gasteiger partial charge in [0.2, 0.25) is 0 Å². The summed E-state index contributed by atoms with van der Waals surface area (Å²) >= 11 is 0. The first-order valence-electron chi connectivity index (χ1n) is 11.1. The van der Waals surface area contributed by atoms with Crippen LogP contribution in [-0.4, -0.2) is 62.8 Å². The molecule has 0 spiro atoms. The van der Waals surface area contributed by atoms with Crippen molar-refractivity contribution in [3.63, 3.8) is 0 Å². The monoisotopic (exact) mass is 499 g/mol. The van der Waals surface area contributed by atoms with Gasteiger partial charge >= 0.3 is 0 Å². The molecule has 0 amide bonds. The summed E-state index contributed by atoms with van der Waals surface area (Å²) in [5.74, 6) is 1.65.